The summed E-state index contributed by atoms with van der Waals surface area (Å²) in [7, 11) is 6.42. The molecule has 0 fully saturated rings. The van der Waals surface area contributed by atoms with E-state index in [0.717, 1.165) is 0 Å². The lowest BCUT2D eigenvalue weighted by atomic mass is 11.0. The first kappa shape index (κ1) is 13.3. The minimum atomic E-state index is -1.06. The molecule has 0 radical (unpaired) electrons. The second kappa shape index (κ2) is 6.72. The van der Waals surface area contributed by atoms with Gasteiger partial charge in [0.05, 0.1) is 0 Å². The molecule has 0 aliphatic rings. The maximum absolute atomic E-state index is 6.20. The molecule has 2 atom stereocenters. The predicted molar refractivity (Wildman–Crippen MR) is 63.7 cm³/mol. The van der Waals surface area contributed by atoms with Gasteiger partial charge in [-0.05, 0) is 40.3 Å². The maximum atomic E-state index is 6.20. The van der Waals surface area contributed by atoms with E-state index < -0.39 is 18.4 Å². The van der Waals surface area contributed by atoms with Crippen LogP contribution in [0.2, 0.25) is 12.1 Å². The molecule has 0 aromatic heterocycles. The van der Waals surface area contributed by atoms with Gasteiger partial charge in [0.2, 0.25) is 18.4 Å². The average Bonchev–Trinajstić information content (AvgIpc) is 2.05. The maximum Gasteiger partial charge on any atom is 0.244 e. The molecule has 0 saturated carbocycles. The van der Waals surface area contributed by atoms with Crippen LogP contribution in [0.15, 0.2) is 0 Å². The Bertz CT molecular complexity index is 119. The number of hydrogen-bond donors (Lipinski definition) is 0. The van der Waals surface area contributed by atoms with Gasteiger partial charge < -0.3 is 13.2 Å². The van der Waals surface area contributed by atoms with Crippen molar-refractivity contribution >= 4 is 18.4 Å². The molecule has 2 unspecified atom stereocenters. The van der Waals surface area contributed by atoms with Crippen LogP contribution in [0.25, 0.3) is 0 Å². The quantitative estimate of drug-likeness (QED) is 0.610. The van der Waals surface area contributed by atoms with E-state index in [4.69, 9.17) is 4.12 Å². The minimum absolute atomic E-state index is 1.06. The van der Waals surface area contributed by atoms with Gasteiger partial charge in [0.1, 0.15) is 0 Å². The summed E-state index contributed by atoms with van der Waals surface area (Å²) in [5.74, 6) is 0. The molecule has 0 amide bonds. The Balaban J connectivity index is 4.03. The molecule has 0 aromatic carbocycles. The summed E-state index contributed by atoms with van der Waals surface area (Å²) in [6, 6.07) is 2.40. The van der Waals surface area contributed by atoms with E-state index in [9.17, 15) is 0 Å². The largest absolute Gasteiger partial charge is 0.437 e. The molecule has 0 spiro atoms. The van der Waals surface area contributed by atoms with E-state index in [1.54, 1.807) is 0 Å². The Morgan fingerprint density at radius 3 is 1.31 bits per heavy atom. The van der Waals surface area contributed by atoms with Crippen LogP contribution in [0.3, 0.4) is 0 Å². The lowest BCUT2D eigenvalue weighted by Gasteiger charge is -2.29. The van der Waals surface area contributed by atoms with E-state index in [-0.39, 0.29) is 0 Å². The summed E-state index contributed by atoms with van der Waals surface area (Å²) in [6.45, 7) is 4.46. The molecule has 5 heteroatoms. The van der Waals surface area contributed by atoms with Crippen LogP contribution in [-0.2, 0) is 4.12 Å². The molecular formula is C8H24N2OSi2. The lowest BCUT2D eigenvalue weighted by Crippen LogP contribution is -2.45. The Kier molecular flexibility index (Phi) is 6.88. The fourth-order valence-electron chi connectivity index (χ4n) is 1.35. The molecule has 0 aromatic rings. The van der Waals surface area contributed by atoms with Crippen LogP contribution in [0.5, 0.6) is 0 Å². The summed E-state index contributed by atoms with van der Waals surface area (Å²) >= 11 is 0. The summed E-state index contributed by atoms with van der Waals surface area (Å²) in [5, 5.41) is 0. The zero-order valence-electron chi connectivity index (χ0n) is 9.87. The van der Waals surface area contributed by atoms with E-state index >= 15 is 0 Å². The van der Waals surface area contributed by atoms with Crippen molar-refractivity contribution in [3.63, 3.8) is 0 Å². The second-order valence-electron chi connectivity index (χ2n) is 3.79. The van der Waals surface area contributed by atoms with Gasteiger partial charge in [0.25, 0.3) is 0 Å². The van der Waals surface area contributed by atoms with E-state index in [0.29, 0.717) is 0 Å². The fourth-order valence-corrected chi connectivity index (χ4v) is 7.75. The average molecular weight is 220 g/mol. The van der Waals surface area contributed by atoms with Crippen LogP contribution < -0.4 is 0 Å². The van der Waals surface area contributed by atoms with Crippen LogP contribution in [0.4, 0.5) is 0 Å². The van der Waals surface area contributed by atoms with Crippen molar-refractivity contribution in [2.24, 2.45) is 0 Å². The lowest BCUT2D eigenvalue weighted by molar-refractivity contribution is 0.420. The van der Waals surface area contributed by atoms with Gasteiger partial charge in [-0.25, -0.2) is 0 Å². The van der Waals surface area contributed by atoms with Crippen molar-refractivity contribution < 1.29 is 4.12 Å². The van der Waals surface area contributed by atoms with Crippen molar-refractivity contribution in [2.75, 3.05) is 28.2 Å². The predicted octanol–water partition coefficient (Wildman–Crippen LogP) is 0.607. The summed E-state index contributed by atoms with van der Waals surface area (Å²) < 4.78 is 10.8. The van der Waals surface area contributed by atoms with Gasteiger partial charge in [-0.15, -0.1) is 0 Å². The number of nitrogens with zero attached hydrogens (tertiary/aromatic N) is 2. The smallest absolute Gasteiger partial charge is 0.244 e. The molecule has 0 saturated heterocycles. The molecule has 0 N–H and O–H groups in total. The molecule has 0 aliphatic carbocycles. The van der Waals surface area contributed by atoms with Crippen LogP contribution >= 0.6 is 0 Å². The third-order valence-electron chi connectivity index (χ3n) is 2.16. The Hall–Kier alpha value is 0.314. The molecule has 0 heterocycles. The highest BCUT2D eigenvalue weighted by molar-refractivity contribution is 6.62. The molecule has 3 nitrogen and oxygen atoms in total. The standard InChI is InChI=1S/C8H24N2OSi2/c1-7-12(9(3)4)11-13(8-2)10(5)6/h12-13H,7-8H2,1-6H3. The SMILES string of the molecule is CC[SiH](O[SiH](CC)N(C)C)N(C)C. The molecule has 80 valence electrons. The Morgan fingerprint density at radius 1 is 0.846 bits per heavy atom. The third-order valence-corrected chi connectivity index (χ3v) is 8.38. The zero-order valence-corrected chi connectivity index (χ0v) is 12.2. The minimum Gasteiger partial charge on any atom is -0.437 e. The van der Waals surface area contributed by atoms with E-state index in [1.807, 2.05) is 0 Å². The van der Waals surface area contributed by atoms with Gasteiger partial charge in [0, 0.05) is 0 Å². The first-order valence-electron chi connectivity index (χ1n) is 5.01. The van der Waals surface area contributed by atoms with Crippen molar-refractivity contribution in [2.45, 2.75) is 25.9 Å². The van der Waals surface area contributed by atoms with Gasteiger partial charge >= 0.3 is 0 Å². The Labute approximate surface area is 86.3 Å². The summed E-state index contributed by atoms with van der Waals surface area (Å²) in [4.78, 5) is 0. The van der Waals surface area contributed by atoms with Crippen molar-refractivity contribution in [3.8, 4) is 0 Å². The highest BCUT2D eigenvalue weighted by Crippen LogP contribution is 2.04. The third kappa shape index (κ3) is 4.92. The van der Waals surface area contributed by atoms with E-state index in [1.165, 1.54) is 12.1 Å². The number of rotatable bonds is 6. The van der Waals surface area contributed by atoms with Crippen molar-refractivity contribution in [1.82, 2.24) is 9.13 Å². The molecule has 0 aliphatic heterocycles. The Morgan fingerprint density at radius 2 is 1.15 bits per heavy atom. The normalized spacial score (nSPS) is 16.6. The topological polar surface area (TPSA) is 15.7 Å². The molecule has 0 rings (SSSR count). The summed E-state index contributed by atoms with van der Waals surface area (Å²) in [5.41, 5.74) is 0. The van der Waals surface area contributed by atoms with Gasteiger partial charge in [-0.2, -0.15) is 0 Å². The monoisotopic (exact) mass is 220 g/mol. The van der Waals surface area contributed by atoms with Gasteiger partial charge in [-0.3, -0.25) is 0 Å². The fraction of sp³-hybridized carbons (Fsp3) is 1.00. The van der Waals surface area contributed by atoms with Crippen LogP contribution in [0.1, 0.15) is 13.8 Å². The zero-order chi connectivity index (χ0) is 10.4. The highest BCUT2D eigenvalue weighted by Gasteiger charge is 2.20. The van der Waals surface area contributed by atoms with Crippen LogP contribution in [-0.4, -0.2) is 55.7 Å². The molecule has 13 heavy (non-hydrogen) atoms. The highest BCUT2D eigenvalue weighted by atomic mass is 28.4. The molecule has 0 bridgehead atoms. The second-order valence-corrected chi connectivity index (χ2v) is 10.4. The molecular weight excluding hydrogens is 196 g/mol. The first-order valence-corrected chi connectivity index (χ1v) is 8.62. The van der Waals surface area contributed by atoms with Gasteiger partial charge in [0.15, 0.2) is 0 Å². The van der Waals surface area contributed by atoms with Gasteiger partial charge in [-0.1, -0.05) is 13.8 Å². The first-order chi connectivity index (χ1) is 6.02. The van der Waals surface area contributed by atoms with Crippen molar-refractivity contribution in [3.05, 3.63) is 0 Å². The van der Waals surface area contributed by atoms with Crippen molar-refractivity contribution in [1.29, 1.82) is 0 Å². The van der Waals surface area contributed by atoms with Crippen LogP contribution in [0, 0.1) is 0 Å². The summed E-state index contributed by atoms with van der Waals surface area (Å²) in [6.07, 6.45) is 0. The number of hydrogen-bond acceptors (Lipinski definition) is 3. The van der Waals surface area contributed by atoms with E-state index in [2.05, 4.69) is 51.2 Å².